The first-order valence-corrected chi connectivity index (χ1v) is 13.6. The van der Waals surface area contributed by atoms with Crippen LogP contribution in [0.25, 0.3) is 16.1 Å². The first-order chi connectivity index (χ1) is 15.7. The number of benzene rings is 1. The number of aromatic nitrogens is 1. The molecule has 0 radical (unpaired) electrons. The Kier molecular flexibility index (Phi) is 8.33. The van der Waals surface area contributed by atoms with E-state index in [0.717, 1.165) is 50.0 Å². The maximum atomic E-state index is 12.1. The molecule has 1 aromatic carbocycles. The van der Waals surface area contributed by atoms with Crippen molar-refractivity contribution in [3.05, 3.63) is 46.5 Å². The quantitative estimate of drug-likeness (QED) is 0.455. The Labute approximate surface area is 200 Å². The van der Waals surface area contributed by atoms with E-state index in [9.17, 15) is 8.42 Å². The van der Waals surface area contributed by atoms with Gasteiger partial charge in [-0.25, -0.2) is 18.1 Å². The normalized spacial score (nSPS) is 17.2. The van der Waals surface area contributed by atoms with Crippen LogP contribution in [0.1, 0.15) is 45.4 Å². The van der Waals surface area contributed by atoms with Crippen molar-refractivity contribution in [2.24, 2.45) is 0 Å². The van der Waals surface area contributed by atoms with Crippen molar-refractivity contribution in [3.8, 4) is 16.3 Å². The Balaban J connectivity index is 1.86. The van der Waals surface area contributed by atoms with Gasteiger partial charge in [0.15, 0.2) is 0 Å². The van der Waals surface area contributed by atoms with Crippen LogP contribution in [0, 0.1) is 0 Å². The van der Waals surface area contributed by atoms with Gasteiger partial charge in [0, 0.05) is 24.8 Å². The fraction of sp³-hybridized carbons (Fsp3) is 0.458. The lowest BCUT2D eigenvalue weighted by molar-refractivity contribution is 0.244. The molecule has 0 saturated carbocycles. The van der Waals surface area contributed by atoms with Gasteiger partial charge in [0.1, 0.15) is 10.8 Å². The van der Waals surface area contributed by atoms with E-state index in [1.54, 1.807) is 11.3 Å². The highest BCUT2D eigenvalue weighted by Gasteiger charge is 2.28. The number of hydrogen-bond acceptors (Lipinski definition) is 7. The lowest BCUT2D eigenvalue weighted by atomic mass is 10.0. The SMILES string of the molecule is C/C=C(\C1=C(C)[C@@H](NS(=O)(=O)CCO)CC1)c1cnc(-c2ccc(OC(C)C)c(NC)c2)s1. The molecule has 9 heteroatoms. The molecule has 0 unspecified atom stereocenters. The Hall–Kier alpha value is -2.20. The number of nitrogens with zero attached hydrogens (tertiary/aromatic N) is 1. The number of thiazole rings is 1. The summed E-state index contributed by atoms with van der Waals surface area (Å²) in [5.74, 6) is 0.528. The van der Waals surface area contributed by atoms with Crippen LogP contribution in [0.2, 0.25) is 0 Å². The predicted molar refractivity (Wildman–Crippen MR) is 136 cm³/mol. The molecule has 1 heterocycles. The third-order valence-electron chi connectivity index (χ3n) is 5.61. The number of aliphatic hydroxyl groups excluding tert-OH is 1. The number of rotatable bonds is 10. The molecule has 1 aliphatic rings. The van der Waals surface area contributed by atoms with Gasteiger partial charge >= 0.3 is 0 Å². The average molecular weight is 492 g/mol. The number of sulfonamides is 1. The third-order valence-corrected chi connectivity index (χ3v) is 8.05. The van der Waals surface area contributed by atoms with Gasteiger partial charge < -0.3 is 15.2 Å². The molecule has 3 rings (SSSR count). The second-order valence-electron chi connectivity index (χ2n) is 8.27. The Bertz CT molecular complexity index is 1150. The van der Waals surface area contributed by atoms with Gasteiger partial charge in [0.2, 0.25) is 10.0 Å². The van der Waals surface area contributed by atoms with Gasteiger partial charge in [-0.05, 0) is 69.9 Å². The van der Waals surface area contributed by atoms with Gasteiger partial charge in [-0.1, -0.05) is 11.6 Å². The molecule has 0 aliphatic heterocycles. The van der Waals surface area contributed by atoms with Gasteiger partial charge in [0.05, 0.1) is 29.0 Å². The molecule has 7 nitrogen and oxygen atoms in total. The van der Waals surface area contributed by atoms with Crippen LogP contribution in [-0.2, 0) is 10.0 Å². The topological polar surface area (TPSA) is 101 Å². The molecule has 2 aromatic rings. The van der Waals surface area contributed by atoms with Crippen LogP contribution in [-0.4, -0.2) is 50.1 Å². The van der Waals surface area contributed by atoms with Crippen LogP contribution >= 0.6 is 11.3 Å². The summed E-state index contributed by atoms with van der Waals surface area (Å²) in [6, 6.07) is 5.78. The second-order valence-corrected chi connectivity index (χ2v) is 11.2. The minimum atomic E-state index is -3.50. The van der Waals surface area contributed by atoms with E-state index in [1.807, 2.05) is 59.1 Å². The molecule has 0 spiro atoms. The van der Waals surface area contributed by atoms with Gasteiger partial charge in [-0.3, -0.25) is 0 Å². The number of anilines is 1. The molecule has 0 fully saturated rings. The molecule has 180 valence electrons. The maximum Gasteiger partial charge on any atom is 0.214 e. The van der Waals surface area contributed by atoms with Crippen molar-refractivity contribution >= 4 is 32.6 Å². The van der Waals surface area contributed by atoms with E-state index >= 15 is 0 Å². The second kappa shape index (κ2) is 10.8. The number of allylic oxidation sites excluding steroid dienone is 3. The molecule has 33 heavy (non-hydrogen) atoms. The van der Waals surface area contributed by atoms with E-state index in [4.69, 9.17) is 9.84 Å². The first kappa shape index (κ1) is 25.4. The Morgan fingerprint density at radius 2 is 2.15 bits per heavy atom. The minimum absolute atomic E-state index is 0.0894. The molecular formula is C24H33N3O4S2. The lowest BCUT2D eigenvalue weighted by Crippen LogP contribution is -2.36. The van der Waals surface area contributed by atoms with Crippen LogP contribution < -0.4 is 14.8 Å². The third kappa shape index (κ3) is 6.03. The Morgan fingerprint density at radius 3 is 2.79 bits per heavy atom. The van der Waals surface area contributed by atoms with Crippen LogP contribution in [0.3, 0.4) is 0 Å². The highest BCUT2D eigenvalue weighted by atomic mass is 32.2. The van der Waals surface area contributed by atoms with Crippen molar-refractivity contribution < 1.29 is 18.3 Å². The summed E-state index contributed by atoms with van der Waals surface area (Å²) in [7, 11) is -1.62. The largest absolute Gasteiger partial charge is 0.489 e. The lowest BCUT2D eigenvalue weighted by Gasteiger charge is -2.15. The number of ether oxygens (including phenoxy) is 1. The summed E-state index contributed by atoms with van der Waals surface area (Å²) < 4.78 is 32.8. The summed E-state index contributed by atoms with van der Waals surface area (Å²) in [4.78, 5) is 5.72. The molecule has 0 bridgehead atoms. The summed E-state index contributed by atoms with van der Waals surface area (Å²) in [6.45, 7) is 7.59. The summed E-state index contributed by atoms with van der Waals surface area (Å²) in [6.07, 6.45) is 5.54. The van der Waals surface area contributed by atoms with Gasteiger partial charge in [0.25, 0.3) is 0 Å². The Morgan fingerprint density at radius 1 is 1.39 bits per heavy atom. The molecule has 3 N–H and O–H groups in total. The number of aliphatic hydroxyl groups is 1. The monoisotopic (exact) mass is 491 g/mol. The van der Waals surface area contributed by atoms with Crippen molar-refractivity contribution in [2.75, 3.05) is 24.7 Å². The molecule has 0 amide bonds. The molecule has 1 aliphatic carbocycles. The van der Waals surface area contributed by atoms with Crippen molar-refractivity contribution in [1.82, 2.24) is 9.71 Å². The van der Waals surface area contributed by atoms with Crippen molar-refractivity contribution in [1.29, 1.82) is 0 Å². The standard InChI is InChI=1S/C24H33N3O4S2/c1-6-18(19-8-9-20(16(19)4)27-33(29,30)12-11-28)23-14-26-24(32-23)17-7-10-22(31-15(2)3)21(13-17)25-5/h6-7,10,13-15,20,25,27-28H,8-9,11-12H2,1-5H3/b18-6+/t20-/m0/s1. The van der Waals surface area contributed by atoms with E-state index < -0.39 is 10.0 Å². The van der Waals surface area contributed by atoms with Crippen LogP contribution in [0.15, 0.2) is 41.6 Å². The highest BCUT2D eigenvalue weighted by molar-refractivity contribution is 7.89. The average Bonchev–Trinajstić information content (AvgIpc) is 3.37. The van der Waals surface area contributed by atoms with Gasteiger partial charge in [-0.15, -0.1) is 11.3 Å². The zero-order valence-corrected chi connectivity index (χ0v) is 21.4. The summed E-state index contributed by atoms with van der Waals surface area (Å²) >= 11 is 1.62. The number of hydrogen-bond donors (Lipinski definition) is 3. The fourth-order valence-corrected chi connectivity index (χ4v) is 6.12. The van der Waals surface area contributed by atoms with E-state index in [-0.39, 0.29) is 24.5 Å². The summed E-state index contributed by atoms with van der Waals surface area (Å²) in [5.41, 5.74) is 5.19. The van der Waals surface area contributed by atoms with E-state index in [1.165, 1.54) is 0 Å². The highest BCUT2D eigenvalue weighted by Crippen LogP contribution is 2.41. The predicted octanol–water partition coefficient (Wildman–Crippen LogP) is 4.43. The minimum Gasteiger partial charge on any atom is -0.489 e. The summed E-state index contributed by atoms with van der Waals surface area (Å²) in [5, 5.41) is 13.1. The van der Waals surface area contributed by atoms with Gasteiger partial charge in [-0.2, -0.15) is 0 Å². The smallest absolute Gasteiger partial charge is 0.214 e. The zero-order valence-electron chi connectivity index (χ0n) is 19.8. The van der Waals surface area contributed by atoms with Crippen molar-refractivity contribution in [3.63, 3.8) is 0 Å². The maximum absolute atomic E-state index is 12.1. The zero-order chi connectivity index (χ0) is 24.2. The molecular weight excluding hydrogens is 458 g/mol. The molecule has 1 atom stereocenters. The first-order valence-electron chi connectivity index (χ1n) is 11.1. The fourth-order valence-electron chi connectivity index (χ4n) is 4.02. The van der Waals surface area contributed by atoms with Crippen molar-refractivity contribution in [2.45, 2.75) is 52.7 Å². The number of nitrogens with one attached hydrogen (secondary N) is 2. The van der Waals surface area contributed by atoms with Crippen LogP contribution in [0.5, 0.6) is 5.75 Å². The van der Waals surface area contributed by atoms with E-state index in [0.29, 0.717) is 6.42 Å². The van der Waals surface area contributed by atoms with E-state index in [2.05, 4.69) is 21.1 Å². The molecule has 0 saturated heterocycles. The van der Waals surface area contributed by atoms with Crippen LogP contribution in [0.4, 0.5) is 5.69 Å². The molecule has 1 aromatic heterocycles.